The second-order valence-corrected chi connectivity index (χ2v) is 4.00. The van der Waals surface area contributed by atoms with Gasteiger partial charge in [-0.25, -0.2) is 9.18 Å². The van der Waals surface area contributed by atoms with Crippen LogP contribution >= 0.6 is 0 Å². The van der Waals surface area contributed by atoms with Crippen molar-refractivity contribution in [2.24, 2.45) is 5.73 Å². The van der Waals surface area contributed by atoms with E-state index in [0.29, 0.717) is 12.0 Å². The molecule has 0 radical (unpaired) electrons. The smallest absolute Gasteiger partial charge is 0.367 e. The molecule has 0 bridgehead atoms. The van der Waals surface area contributed by atoms with Gasteiger partial charge in [0, 0.05) is 6.54 Å². The average Bonchev–Trinajstić information content (AvgIpc) is 2.36. The van der Waals surface area contributed by atoms with Crippen LogP contribution in [0.4, 0.5) is 4.39 Å². The van der Waals surface area contributed by atoms with E-state index in [1.54, 1.807) is 6.92 Å². The Hall–Kier alpha value is -2.00. The predicted octanol–water partition coefficient (Wildman–Crippen LogP) is -1.47. The topological polar surface area (TPSA) is 122 Å². The highest BCUT2D eigenvalue weighted by Gasteiger charge is 2.30. The Balaban J connectivity index is 2.71. The fourth-order valence-corrected chi connectivity index (χ4v) is 1.61. The molecule has 1 heterocycles. The van der Waals surface area contributed by atoms with Crippen LogP contribution in [0.2, 0.25) is 0 Å². The van der Waals surface area contributed by atoms with Crippen LogP contribution in [-0.2, 0) is 19.2 Å². The Kier molecular flexibility index (Phi) is 4.95. The first-order valence-electron chi connectivity index (χ1n) is 5.33. The van der Waals surface area contributed by atoms with Crippen molar-refractivity contribution in [3.8, 4) is 0 Å². The van der Waals surface area contributed by atoms with E-state index in [-0.39, 0.29) is 6.54 Å². The van der Waals surface area contributed by atoms with Gasteiger partial charge in [-0.2, -0.15) is 5.48 Å². The molecule has 0 saturated carbocycles. The minimum absolute atomic E-state index is 0.00573. The van der Waals surface area contributed by atoms with Gasteiger partial charge < -0.3 is 15.7 Å². The van der Waals surface area contributed by atoms with Crippen LogP contribution in [0.5, 0.6) is 0 Å². The van der Waals surface area contributed by atoms with Gasteiger partial charge in [0.25, 0.3) is 0 Å². The van der Waals surface area contributed by atoms with Crippen molar-refractivity contribution in [3.63, 3.8) is 0 Å². The molecule has 1 rings (SSSR count). The number of nitrogens with two attached hydrogens (primary N) is 1. The average molecular weight is 275 g/mol. The van der Waals surface area contributed by atoms with Crippen LogP contribution in [0, 0.1) is 0 Å². The SMILES string of the molecule is CC1=C[C@@H](C(N)=O)N(C=O)C[C@@H]1NO[C@H](F)C(=O)O. The third kappa shape index (κ3) is 3.73. The zero-order valence-electron chi connectivity index (χ0n) is 10.1. The molecule has 0 spiro atoms. The number of carbonyl (C=O) groups is 3. The summed E-state index contributed by atoms with van der Waals surface area (Å²) in [6, 6.07) is -1.51. The molecular formula is C10H14FN3O5. The number of nitrogens with zero attached hydrogens (tertiary/aromatic N) is 1. The molecule has 3 atom stereocenters. The van der Waals surface area contributed by atoms with Gasteiger partial charge in [0.05, 0.1) is 6.04 Å². The van der Waals surface area contributed by atoms with Crippen molar-refractivity contribution >= 4 is 18.3 Å². The molecule has 1 aliphatic rings. The fourth-order valence-electron chi connectivity index (χ4n) is 1.61. The zero-order valence-corrected chi connectivity index (χ0v) is 10.1. The van der Waals surface area contributed by atoms with Gasteiger partial charge in [0.1, 0.15) is 6.04 Å². The van der Waals surface area contributed by atoms with E-state index >= 15 is 0 Å². The van der Waals surface area contributed by atoms with E-state index in [2.05, 4.69) is 10.3 Å². The fraction of sp³-hybridized carbons (Fsp3) is 0.500. The molecule has 19 heavy (non-hydrogen) atoms. The maximum absolute atomic E-state index is 12.7. The van der Waals surface area contributed by atoms with E-state index in [1.807, 2.05) is 0 Å². The van der Waals surface area contributed by atoms with E-state index in [4.69, 9.17) is 10.8 Å². The number of carboxylic acid groups (broad SMARTS) is 1. The molecule has 4 N–H and O–H groups in total. The minimum Gasteiger partial charge on any atom is -0.477 e. The molecule has 9 heteroatoms. The second-order valence-electron chi connectivity index (χ2n) is 4.00. The van der Waals surface area contributed by atoms with Crippen LogP contribution in [0.3, 0.4) is 0 Å². The summed E-state index contributed by atoms with van der Waals surface area (Å²) in [6.45, 7) is 1.62. The van der Waals surface area contributed by atoms with Gasteiger partial charge in [0.2, 0.25) is 12.3 Å². The standard InChI is InChI=1S/C10H14FN3O5/c1-5-2-7(9(12)16)14(4-15)3-6(5)13-19-8(11)10(17)18/h2,4,6-8,13H,3H2,1H3,(H2,12,16)(H,17,18)/t6-,7-,8-/m0/s1. The van der Waals surface area contributed by atoms with Gasteiger partial charge in [-0.05, 0) is 6.92 Å². The number of carboxylic acids is 1. The maximum atomic E-state index is 12.7. The van der Waals surface area contributed by atoms with Gasteiger partial charge in [0.15, 0.2) is 0 Å². The van der Waals surface area contributed by atoms with Crippen LogP contribution in [0.15, 0.2) is 11.6 Å². The lowest BCUT2D eigenvalue weighted by Gasteiger charge is -2.34. The number of hydrogen-bond acceptors (Lipinski definition) is 5. The molecule has 0 aromatic carbocycles. The number of hydrogen-bond donors (Lipinski definition) is 3. The number of halogens is 1. The quantitative estimate of drug-likeness (QED) is 0.309. The summed E-state index contributed by atoms with van der Waals surface area (Å²) >= 11 is 0. The molecule has 8 nitrogen and oxygen atoms in total. The first-order chi connectivity index (χ1) is 8.86. The normalized spacial score (nSPS) is 24.5. The highest BCUT2D eigenvalue weighted by molar-refractivity contribution is 5.84. The van der Waals surface area contributed by atoms with Crippen LogP contribution in [0.1, 0.15) is 6.92 Å². The molecule has 0 aliphatic carbocycles. The highest BCUT2D eigenvalue weighted by Crippen LogP contribution is 2.15. The lowest BCUT2D eigenvalue weighted by Crippen LogP contribution is -2.53. The summed E-state index contributed by atoms with van der Waals surface area (Å²) in [4.78, 5) is 37.6. The summed E-state index contributed by atoms with van der Waals surface area (Å²) in [5.74, 6) is -2.47. The Morgan fingerprint density at radius 3 is 2.84 bits per heavy atom. The van der Waals surface area contributed by atoms with Crippen molar-refractivity contribution in [1.29, 1.82) is 0 Å². The predicted molar refractivity (Wildman–Crippen MR) is 60.0 cm³/mol. The number of carbonyl (C=O) groups excluding carboxylic acids is 2. The number of rotatable bonds is 6. The number of alkyl halides is 1. The molecule has 0 saturated heterocycles. The minimum atomic E-state index is -2.52. The Morgan fingerprint density at radius 1 is 1.74 bits per heavy atom. The Bertz CT molecular complexity index is 414. The maximum Gasteiger partial charge on any atom is 0.367 e. The summed E-state index contributed by atoms with van der Waals surface area (Å²) in [5, 5.41) is 8.31. The lowest BCUT2D eigenvalue weighted by atomic mass is 10.00. The molecule has 0 unspecified atom stereocenters. The molecular weight excluding hydrogens is 261 g/mol. The van der Waals surface area contributed by atoms with Crippen molar-refractivity contribution in [2.45, 2.75) is 25.4 Å². The molecule has 0 fully saturated rings. The lowest BCUT2D eigenvalue weighted by molar-refractivity contribution is -0.175. The third-order valence-electron chi connectivity index (χ3n) is 2.66. The molecule has 2 amide bonds. The first-order valence-corrected chi connectivity index (χ1v) is 5.33. The summed E-state index contributed by atoms with van der Waals surface area (Å²) in [7, 11) is 0. The summed E-state index contributed by atoms with van der Waals surface area (Å²) in [5.41, 5.74) is 7.91. The number of aliphatic carboxylic acids is 1. The van der Waals surface area contributed by atoms with Crippen molar-refractivity contribution in [3.05, 3.63) is 11.6 Å². The highest BCUT2D eigenvalue weighted by atomic mass is 19.1. The molecule has 106 valence electrons. The van der Waals surface area contributed by atoms with Crippen molar-refractivity contribution in [2.75, 3.05) is 6.54 Å². The van der Waals surface area contributed by atoms with E-state index < -0.39 is 30.3 Å². The number of hydroxylamine groups is 1. The second kappa shape index (κ2) is 6.25. The number of nitrogens with one attached hydrogen (secondary N) is 1. The molecule has 0 aromatic heterocycles. The molecule has 1 aliphatic heterocycles. The van der Waals surface area contributed by atoms with Crippen molar-refractivity contribution in [1.82, 2.24) is 10.4 Å². The third-order valence-corrected chi connectivity index (χ3v) is 2.66. The monoisotopic (exact) mass is 275 g/mol. The Morgan fingerprint density at radius 2 is 2.37 bits per heavy atom. The summed E-state index contributed by atoms with van der Waals surface area (Å²) < 4.78 is 12.7. The van der Waals surface area contributed by atoms with E-state index in [1.165, 1.54) is 6.08 Å². The van der Waals surface area contributed by atoms with Gasteiger partial charge >= 0.3 is 12.3 Å². The van der Waals surface area contributed by atoms with Crippen LogP contribution < -0.4 is 11.2 Å². The van der Waals surface area contributed by atoms with Gasteiger partial charge in [-0.1, -0.05) is 11.6 Å². The zero-order chi connectivity index (χ0) is 14.6. The first kappa shape index (κ1) is 15.1. The summed E-state index contributed by atoms with van der Waals surface area (Å²) in [6.07, 6.45) is -0.668. The van der Waals surface area contributed by atoms with Gasteiger partial charge in [-0.15, -0.1) is 0 Å². The van der Waals surface area contributed by atoms with Crippen molar-refractivity contribution < 1.29 is 28.7 Å². The van der Waals surface area contributed by atoms with Crippen LogP contribution in [-0.4, -0.2) is 53.3 Å². The molecule has 0 aromatic rings. The van der Waals surface area contributed by atoms with Gasteiger partial charge in [-0.3, -0.25) is 14.4 Å². The van der Waals surface area contributed by atoms with Crippen LogP contribution in [0.25, 0.3) is 0 Å². The van der Waals surface area contributed by atoms with E-state index in [9.17, 15) is 18.8 Å². The van der Waals surface area contributed by atoms with E-state index in [0.717, 1.165) is 4.90 Å². The number of primary amides is 1. The largest absolute Gasteiger partial charge is 0.477 e. The number of amides is 2. The Labute approximate surface area is 107 Å².